The third kappa shape index (κ3) is 4.58. The molecule has 1 aliphatic rings. The predicted octanol–water partition coefficient (Wildman–Crippen LogP) is 4.38. The van der Waals surface area contributed by atoms with Crippen molar-refractivity contribution in [2.75, 3.05) is 38.2 Å². The van der Waals surface area contributed by atoms with Gasteiger partial charge in [0, 0.05) is 43.7 Å². The summed E-state index contributed by atoms with van der Waals surface area (Å²) in [6, 6.07) is 25.7. The molecule has 0 saturated carbocycles. The number of amides is 2. The fourth-order valence-electron chi connectivity index (χ4n) is 4.91. The Morgan fingerprint density at radius 3 is 2.50 bits per heavy atom. The lowest BCUT2D eigenvalue weighted by Crippen LogP contribution is -2.42. The van der Waals surface area contributed by atoms with Crippen LogP contribution < -0.4 is 15.0 Å². The van der Waals surface area contributed by atoms with Gasteiger partial charge in [0.05, 0.1) is 12.6 Å². The van der Waals surface area contributed by atoms with Crippen molar-refractivity contribution in [2.24, 2.45) is 0 Å². The number of benzene rings is 3. The first kappa shape index (κ1) is 23.7. The first-order valence-corrected chi connectivity index (χ1v) is 12.8. The van der Waals surface area contributed by atoms with Crippen LogP contribution in [0, 0.1) is 0 Å². The van der Waals surface area contributed by atoms with E-state index in [9.17, 15) is 4.79 Å². The van der Waals surface area contributed by atoms with Gasteiger partial charge in [-0.1, -0.05) is 42.5 Å². The number of anilines is 1. The van der Waals surface area contributed by atoms with Gasteiger partial charge in [0.1, 0.15) is 5.75 Å². The molecular formula is C29H29N7O2. The molecule has 1 aliphatic heterocycles. The zero-order valence-electron chi connectivity index (χ0n) is 21.2. The minimum atomic E-state index is -0.0458. The number of rotatable bonds is 5. The largest absolute Gasteiger partial charge is 0.497 e. The van der Waals surface area contributed by atoms with Gasteiger partial charge in [-0.05, 0) is 48.4 Å². The van der Waals surface area contributed by atoms with Crippen molar-refractivity contribution < 1.29 is 9.53 Å². The van der Waals surface area contributed by atoms with Gasteiger partial charge in [0.15, 0.2) is 11.5 Å². The number of carbonyl (C=O) groups is 1. The molecule has 2 aromatic heterocycles. The van der Waals surface area contributed by atoms with E-state index in [0.717, 1.165) is 58.2 Å². The Hall–Kier alpha value is -4.66. The summed E-state index contributed by atoms with van der Waals surface area (Å²) in [5, 5.41) is 13.2. The molecular weight excluding hydrogens is 478 g/mol. The molecule has 192 valence electrons. The Labute approximate surface area is 220 Å². The number of nitrogens with zero attached hydrogens (tertiary/aromatic N) is 6. The van der Waals surface area contributed by atoms with Gasteiger partial charge in [-0.15, -0.1) is 10.2 Å². The summed E-state index contributed by atoms with van der Waals surface area (Å²) >= 11 is 0. The van der Waals surface area contributed by atoms with Crippen molar-refractivity contribution in [1.29, 1.82) is 0 Å². The van der Waals surface area contributed by atoms with Gasteiger partial charge in [-0.2, -0.15) is 0 Å². The highest BCUT2D eigenvalue weighted by Gasteiger charge is 2.24. The van der Waals surface area contributed by atoms with Crippen LogP contribution in [0.1, 0.15) is 12.0 Å². The van der Waals surface area contributed by atoms with E-state index >= 15 is 0 Å². The molecule has 1 fully saturated rings. The number of hydrogen-bond donors (Lipinski definition) is 1. The van der Waals surface area contributed by atoms with Crippen LogP contribution in [0.5, 0.6) is 5.75 Å². The van der Waals surface area contributed by atoms with Gasteiger partial charge < -0.3 is 19.9 Å². The first-order valence-electron chi connectivity index (χ1n) is 12.8. The number of nitrogens with one attached hydrogen (secondary N) is 1. The van der Waals surface area contributed by atoms with Crippen LogP contribution in [-0.2, 0) is 6.54 Å². The van der Waals surface area contributed by atoms with E-state index in [1.165, 1.54) is 0 Å². The highest BCUT2D eigenvalue weighted by molar-refractivity contribution is 5.93. The van der Waals surface area contributed by atoms with Crippen molar-refractivity contribution in [2.45, 2.75) is 13.0 Å². The number of fused-ring (bicyclic) bond motifs is 3. The van der Waals surface area contributed by atoms with E-state index in [2.05, 4.69) is 20.4 Å². The van der Waals surface area contributed by atoms with Crippen LogP contribution in [0.2, 0.25) is 0 Å². The number of para-hydroxylation sites is 1. The topological polar surface area (TPSA) is 87.9 Å². The highest BCUT2D eigenvalue weighted by atomic mass is 16.5. The van der Waals surface area contributed by atoms with Crippen LogP contribution in [-0.4, -0.2) is 63.8 Å². The van der Waals surface area contributed by atoms with Crippen molar-refractivity contribution in [3.8, 4) is 17.1 Å². The smallest absolute Gasteiger partial charge is 0.317 e. The number of carbonyl (C=O) groups excluding carboxylic acids is 1. The number of urea groups is 1. The first-order chi connectivity index (χ1) is 18.7. The van der Waals surface area contributed by atoms with Crippen molar-refractivity contribution in [3.05, 3.63) is 84.4 Å². The SMILES string of the molecule is COc1ccc(-c2nnc3c4ccccc4nc(N4CCCN(C(=O)NCc5ccccc5)CC4)n23)cc1. The third-order valence-corrected chi connectivity index (χ3v) is 6.93. The van der Waals surface area contributed by atoms with Gasteiger partial charge >= 0.3 is 6.03 Å². The minimum Gasteiger partial charge on any atom is -0.497 e. The maximum Gasteiger partial charge on any atom is 0.317 e. The summed E-state index contributed by atoms with van der Waals surface area (Å²) < 4.78 is 7.37. The van der Waals surface area contributed by atoms with Gasteiger partial charge in [-0.25, -0.2) is 14.2 Å². The molecule has 3 aromatic carbocycles. The molecule has 9 heteroatoms. The molecule has 0 unspecified atom stereocenters. The van der Waals surface area contributed by atoms with E-state index in [0.29, 0.717) is 26.2 Å². The third-order valence-electron chi connectivity index (χ3n) is 6.93. The lowest BCUT2D eigenvalue weighted by molar-refractivity contribution is 0.201. The Balaban J connectivity index is 1.30. The second-order valence-electron chi connectivity index (χ2n) is 9.31. The quantitative estimate of drug-likeness (QED) is 0.380. The lowest BCUT2D eigenvalue weighted by atomic mass is 10.2. The van der Waals surface area contributed by atoms with Crippen LogP contribution in [0.25, 0.3) is 27.9 Å². The van der Waals surface area contributed by atoms with Crippen LogP contribution in [0.4, 0.5) is 10.7 Å². The molecule has 0 bridgehead atoms. The Bertz CT molecular complexity index is 1570. The highest BCUT2D eigenvalue weighted by Crippen LogP contribution is 2.29. The van der Waals surface area contributed by atoms with Crippen molar-refractivity contribution in [1.82, 2.24) is 29.8 Å². The predicted molar refractivity (Wildman–Crippen MR) is 147 cm³/mol. The molecule has 1 saturated heterocycles. The summed E-state index contributed by atoms with van der Waals surface area (Å²) in [5.41, 5.74) is 3.63. The second-order valence-corrected chi connectivity index (χ2v) is 9.31. The molecule has 2 amide bonds. The number of hydrogen-bond acceptors (Lipinski definition) is 6. The number of ether oxygens (including phenoxy) is 1. The van der Waals surface area contributed by atoms with Crippen molar-refractivity contribution >= 4 is 28.5 Å². The summed E-state index contributed by atoms with van der Waals surface area (Å²) in [6.07, 6.45) is 0.828. The van der Waals surface area contributed by atoms with Gasteiger partial charge in [0.25, 0.3) is 0 Å². The Morgan fingerprint density at radius 2 is 1.68 bits per heavy atom. The zero-order chi connectivity index (χ0) is 25.9. The average molecular weight is 508 g/mol. The molecule has 9 nitrogen and oxygen atoms in total. The van der Waals surface area contributed by atoms with Gasteiger partial charge in [0.2, 0.25) is 5.95 Å². The molecule has 3 heterocycles. The van der Waals surface area contributed by atoms with Crippen LogP contribution >= 0.6 is 0 Å². The normalized spacial score (nSPS) is 14.0. The molecule has 0 spiro atoms. The summed E-state index contributed by atoms with van der Waals surface area (Å²) in [6.45, 7) is 3.21. The molecule has 38 heavy (non-hydrogen) atoms. The monoisotopic (exact) mass is 507 g/mol. The minimum absolute atomic E-state index is 0.0458. The maximum atomic E-state index is 12.9. The van der Waals surface area contributed by atoms with E-state index < -0.39 is 0 Å². The average Bonchev–Trinajstić information content (AvgIpc) is 3.27. The summed E-state index contributed by atoms with van der Waals surface area (Å²) in [4.78, 5) is 22.1. The fraction of sp³-hybridized carbons (Fsp3) is 0.241. The lowest BCUT2D eigenvalue weighted by Gasteiger charge is -2.24. The van der Waals surface area contributed by atoms with Crippen LogP contribution in [0.3, 0.4) is 0 Å². The fourth-order valence-corrected chi connectivity index (χ4v) is 4.91. The van der Waals surface area contributed by atoms with Crippen molar-refractivity contribution in [3.63, 3.8) is 0 Å². The van der Waals surface area contributed by atoms with Crippen LogP contribution in [0.15, 0.2) is 78.9 Å². The summed E-state index contributed by atoms with van der Waals surface area (Å²) in [5.74, 6) is 2.28. The van der Waals surface area contributed by atoms with E-state index in [1.54, 1.807) is 7.11 Å². The van der Waals surface area contributed by atoms with E-state index in [-0.39, 0.29) is 6.03 Å². The Kier molecular flexibility index (Phi) is 6.47. The molecule has 5 aromatic rings. The molecule has 1 N–H and O–H groups in total. The van der Waals surface area contributed by atoms with E-state index in [1.807, 2.05) is 88.2 Å². The Morgan fingerprint density at radius 1 is 0.895 bits per heavy atom. The molecule has 6 rings (SSSR count). The number of methoxy groups -OCH3 is 1. The molecule has 0 aliphatic carbocycles. The maximum absolute atomic E-state index is 12.9. The molecule has 0 atom stereocenters. The standard InChI is InChI=1S/C29H29N7O2/c1-38-23-14-12-22(13-15-23)26-32-33-27-24-10-5-6-11-25(24)31-28(36(26)27)34-16-7-17-35(19-18-34)29(37)30-20-21-8-3-2-4-9-21/h2-6,8-15H,7,16-20H2,1H3,(H,30,37). The zero-order valence-corrected chi connectivity index (χ0v) is 21.2. The second kappa shape index (κ2) is 10.4. The number of aromatic nitrogens is 4. The van der Waals surface area contributed by atoms with Gasteiger partial charge in [-0.3, -0.25) is 0 Å². The van der Waals surface area contributed by atoms with E-state index in [4.69, 9.17) is 9.72 Å². The summed E-state index contributed by atoms with van der Waals surface area (Å²) in [7, 11) is 1.65. The molecule has 0 radical (unpaired) electrons.